The average molecular weight is 349 g/mol. The van der Waals surface area contributed by atoms with Crippen LogP contribution in [0.2, 0.25) is 0 Å². The van der Waals surface area contributed by atoms with E-state index in [2.05, 4.69) is 5.32 Å². The van der Waals surface area contributed by atoms with Gasteiger partial charge in [0.05, 0.1) is 18.7 Å². The van der Waals surface area contributed by atoms with E-state index in [4.69, 9.17) is 4.74 Å². The van der Waals surface area contributed by atoms with Gasteiger partial charge < -0.3 is 10.1 Å². The van der Waals surface area contributed by atoms with Crippen LogP contribution in [0.5, 0.6) is 5.75 Å². The van der Waals surface area contributed by atoms with Crippen molar-refractivity contribution in [3.8, 4) is 16.9 Å². The molecule has 0 radical (unpaired) electrons. The van der Waals surface area contributed by atoms with E-state index < -0.39 is 5.82 Å². The highest BCUT2D eigenvalue weighted by molar-refractivity contribution is 5.90. The number of amides is 1. The Morgan fingerprint density at radius 1 is 1.00 bits per heavy atom. The van der Waals surface area contributed by atoms with E-state index >= 15 is 0 Å². The smallest absolute Gasteiger partial charge is 0.227 e. The highest BCUT2D eigenvalue weighted by Crippen LogP contribution is 2.29. The number of hydrogen-bond acceptors (Lipinski definition) is 2. The maximum absolute atomic E-state index is 13.8. The second-order valence-corrected chi connectivity index (χ2v) is 5.99. The number of nitrogens with one attached hydrogen (secondary N) is 1. The van der Waals surface area contributed by atoms with Crippen molar-refractivity contribution in [1.29, 1.82) is 0 Å². The van der Waals surface area contributed by atoms with Gasteiger partial charge in [0.2, 0.25) is 5.91 Å². The fourth-order valence-electron chi connectivity index (χ4n) is 2.64. The Morgan fingerprint density at radius 3 is 2.50 bits per heavy atom. The third kappa shape index (κ3) is 4.48. The van der Waals surface area contributed by atoms with Crippen LogP contribution in [-0.2, 0) is 4.79 Å². The fraction of sp³-hybridized carbons (Fsp3) is 0.136. The first-order valence-electron chi connectivity index (χ1n) is 8.47. The predicted molar refractivity (Wildman–Crippen MR) is 102 cm³/mol. The minimum absolute atomic E-state index is 0.135. The summed E-state index contributed by atoms with van der Waals surface area (Å²) in [5, 5.41) is 2.58. The van der Waals surface area contributed by atoms with Gasteiger partial charge in [-0.15, -0.1) is 0 Å². The molecular weight excluding hydrogens is 329 g/mol. The van der Waals surface area contributed by atoms with Crippen molar-refractivity contribution in [1.82, 2.24) is 0 Å². The molecule has 0 aromatic heterocycles. The van der Waals surface area contributed by atoms with E-state index in [1.54, 1.807) is 19.1 Å². The van der Waals surface area contributed by atoms with Crippen LogP contribution in [0.3, 0.4) is 0 Å². The van der Waals surface area contributed by atoms with Gasteiger partial charge in [0.25, 0.3) is 0 Å². The van der Waals surface area contributed by atoms with Gasteiger partial charge >= 0.3 is 0 Å². The Balaban J connectivity index is 1.59. The number of para-hydroxylation sites is 1. The zero-order valence-electron chi connectivity index (χ0n) is 14.5. The second-order valence-electron chi connectivity index (χ2n) is 5.99. The second kappa shape index (κ2) is 8.30. The molecule has 1 N–H and O–H groups in total. The van der Waals surface area contributed by atoms with Crippen LogP contribution in [0.4, 0.5) is 10.1 Å². The molecule has 0 unspecified atom stereocenters. The molecule has 0 atom stereocenters. The molecule has 0 aliphatic carbocycles. The topological polar surface area (TPSA) is 38.3 Å². The van der Waals surface area contributed by atoms with Crippen molar-refractivity contribution in [3.63, 3.8) is 0 Å². The zero-order valence-corrected chi connectivity index (χ0v) is 14.5. The third-order valence-electron chi connectivity index (χ3n) is 3.96. The van der Waals surface area contributed by atoms with Gasteiger partial charge in [-0.1, -0.05) is 54.6 Å². The Kier molecular flexibility index (Phi) is 5.64. The maximum Gasteiger partial charge on any atom is 0.227 e. The summed E-state index contributed by atoms with van der Waals surface area (Å²) in [6.07, 6.45) is 0.135. The van der Waals surface area contributed by atoms with E-state index in [0.29, 0.717) is 5.75 Å². The number of anilines is 1. The van der Waals surface area contributed by atoms with Crippen molar-refractivity contribution in [2.24, 2.45) is 0 Å². The van der Waals surface area contributed by atoms with Crippen molar-refractivity contribution < 1.29 is 13.9 Å². The molecule has 1 amide bonds. The van der Waals surface area contributed by atoms with Crippen LogP contribution in [0.1, 0.15) is 12.0 Å². The molecule has 0 aliphatic rings. The first-order chi connectivity index (χ1) is 12.6. The van der Waals surface area contributed by atoms with Gasteiger partial charge in [0, 0.05) is 5.56 Å². The molecule has 0 aliphatic heterocycles. The maximum atomic E-state index is 13.8. The summed E-state index contributed by atoms with van der Waals surface area (Å²) >= 11 is 0. The van der Waals surface area contributed by atoms with Gasteiger partial charge in [-0.25, -0.2) is 4.39 Å². The summed E-state index contributed by atoms with van der Waals surface area (Å²) in [4.78, 5) is 12.0. The van der Waals surface area contributed by atoms with Crippen LogP contribution in [0.25, 0.3) is 11.1 Å². The summed E-state index contributed by atoms with van der Waals surface area (Å²) in [6, 6.07) is 22.3. The van der Waals surface area contributed by atoms with Gasteiger partial charge in [0.15, 0.2) is 0 Å². The van der Waals surface area contributed by atoms with Crippen molar-refractivity contribution in [3.05, 3.63) is 84.2 Å². The quantitative estimate of drug-likeness (QED) is 0.663. The average Bonchev–Trinajstić information content (AvgIpc) is 2.65. The third-order valence-corrected chi connectivity index (χ3v) is 3.96. The van der Waals surface area contributed by atoms with E-state index in [1.807, 2.05) is 54.6 Å². The summed E-state index contributed by atoms with van der Waals surface area (Å²) < 4.78 is 19.6. The molecule has 3 rings (SSSR count). The number of aryl methyl sites for hydroxylation is 1. The molecule has 3 aromatic rings. The normalized spacial score (nSPS) is 10.4. The lowest BCUT2D eigenvalue weighted by molar-refractivity contribution is -0.116. The highest BCUT2D eigenvalue weighted by atomic mass is 19.1. The Bertz CT molecular complexity index is 894. The molecule has 0 spiro atoms. The van der Waals surface area contributed by atoms with E-state index in [0.717, 1.165) is 16.7 Å². The number of rotatable bonds is 6. The standard InChI is InChI=1S/C22H20FNO2/c1-16-11-12-20(19(23)15-16)24-22(25)13-14-26-21-10-6-5-9-18(21)17-7-3-2-4-8-17/h2-12,15H,13-14H2,1H3,(H,24,25). The molecule has 0 bridgehead atoms. The molecule has 0 saturated heterocycles. The minimum Gasteiger partial charge on any atom is -0.492 e. The Hall–Kier alpha value is -3.14. The Morgan fingerprint density at radius 2 is 1.73 bits per heavy atom. The lowest BCUT2D eigenvalue weighted by Gasteiger charge is -2.12. The summed E-state index contributed by atoms with van der Waals surface area (Å²) in [7, 11) is 0. The molecule has 26 heavy (non-hydrogen) atoms. The van der Waals surface area contributed by atoms with Gasteiger partial charge in [-0.3, -0.25) is 4.79 Å². The van der Waals surface area contributed by atoms with E-state index in [9.17, 15) is 9.18 Å². The monoisotopic (exact) mass is 349 g/mol. The fourth-order valence-corrected chi connectivity index (χ4v) is 2.64. The Labute approximate surface area is 152 Å². The number of carbonyl (C=O) groups is 1. The van der Waals surface area contributed by atoms with E-state index in [-0.39, 0.29) is 24.6 Å². The van der Waals surface area contributed by atoms with Gasteiger partial charge in [-0.2, -0.15) is 0 Å². The zero-order chi connectivity index (χ0) is 18.4. The molecule has 0 saturated carbocycles. The summed E-state index contributed by atoms with van der Waals surface area (Å²) in [5.41, 5.74) is 3.01. The van der Waals surface area contributed by atoms with Crippen LogP contribution in [0, 0.1) is 12.7 Å². The summed E-state index contributed by atoms with van der Waals surface area (Å²) in [5.74, 6) is -0.00773. The molecular formula is C22H20FNO2. The largest absolute Gasteiger partial charge is 0.492 e. The highest BCUT2D eigenvalue weighted by Gasteiger charge is 2.09. The van der Waals surface area contributed by atoms with Gasteiger partial charge in [0.1, 0.15) is 11.6 Å². The number of carbonyl (C=O) groups excluding carboxylic acids is 1. The SMILES string of the molecule is Cc1ccc(NC(=O)CCOc2ccccc2-c2ccccc2)c(F)c1. The first kappa shape index (κ1) is 17.7. The molecule has 3 aromatic carbocycles. The minimum atomic E-state index is -0.436. The lowest BCUT2D eigenvalue weighted by Crippen LogP contribution is -2.16. The number of benzene rings is 3. The predicted octanol–water partition coefficient (Wildman–Crippen LogP) is 5.21. The first-order valence-corrected chi connectivity index (χ1v) is 8.47. The number of hydrogen-bond donors (Lipinski definition) is 1. The van der Waals surface area contributed by atoms with Crippen molar-refractivity contribution >= 4 is 11.6 Å². The molecule has 4 heteroatoms. The molecule has 0 heterocycles. The van der Waals surface area contributed by atoms with Crippen LogP contribution in [-0.4, -0.2) is 12.5 Å². The van der Waals surface area contributed by atoms with Crippen LogP contribution < -0.4 is 10.1 Å². The van der Waals surface area contributed by atoms with E-state index in [1.165, 1.54) is 6.07 Å². The van der Waals surface area contributed by atoms with Crippen molar-refractivity contribution in [2.75, 3.05) is 11.9 Å². The van der Waals surface area contributed by atoms with Crippen LogP contribution in [0.15, 0.2) is 72.8 Å². The molecule has 3 nitrogen and oxygen atoms in total. The van der Waals surface area contributed by atoms with Gasteiger partial charge in [-0.05, 0) is 36.2 Å². The summed E-state index contributed by atoms with van der Waals surface area (Å²) in [6.45, 7) is 2.01. The van der Waals surface area contributed by atoms with Crippen LogP contribution >= 0.6 is 0 Å². The molecule has 132 valence electrons. The number of halogens is 1. The van der Waals surface area contributed by atoms with Crippen molar-refractivity contribution in [2.45, 2.75) is 13.3 Å². The number of ether oxygens (including phenoxy) is 1. The molecule has 0 fully saturated rings. The lowest BCUT2D eigenvalue weighted by atomic mass is 10.1.